The highest BCUT2D eigenvalue weighted by Crippen LogP contribution is 2.29. The summed E-state index contributed by atoms with van der Waals surface area (Å²) >= 11 is 0. The van der Waals surface area contributed by atoms with Crippen molar-refractivity contribution in [3.05, 3.63) is 65.7 Å². The Hall–Kier alpha value is -2.86. The molecule has 0 aromatic heterocycles. The summed E-state index contributed by atoms with van der Waals surface area (Å²) in [6.45, 7) is 2.36. The van der Waals surface area contributed by atoms with Crippen molar-refractivity contribution >= 4 is 17.4 Å². The Kier molecular flexibility index (Phi) is 5.81. The third-order valence-electron chi connectivity index (χ3n) is 5.64. The van der Waals surface area contributed by atoms with E-state index in [1.807, 2.05) is 37.3 Å². The molecule has 0 radical (unpaired) electrons. The summed E-state index contributed by atoms with van der Waals surface area (Å²) in [7, 11) is 4.06. The van der Waals surface area contributed by atoms with Crippen molar-refractivity contribution in [2.45, 2.75) is 25.2 Å². The predicted molar refractivity (Wildman–Crippen MR) is 117 cm³/mol. The molecule has 1 saturated heterocycles. The van der Waals surface area contributed by atoms with Crippen LogP contribution in [0.4, 0.5) is 10.5 Å². The van der Waals surface area contributed by atoms with E-state index < -0.39 is 0 Å². The minimum Gasteiger partial charge on any atom is -0.378 e. The standard InChI is InChI=1S/C23H29N5O/c1-26(2)20-13-11-19(12-14-20)22-21(18-9-5-3-6-10-18)17-28(24-22)23(29)25-27-15-7-4-8-16-27/h3,5-6,9-14,21H,4,7-8,15-17H2,1-2H3,(H,25,29). The molecule has 0 saturated carbocycles. The van der Waals surface area contributed by atoms with Crippen LogP contribution in [0, 0.1) is 0 Å². The van der Waals surface area contributed by atoms with Gasteiger partial charge in [-0.1, -0.05) is 48.9 Å². The first kappa shape index (κ1) is 19.5. The molecule has 6 heteroatoms. The third-order valence-corrected chi connectivity index (χ3v) is 5.64. The number of hydrazine groups is 1. The van der Waals surface area contributed by atoms with E-state index in [0.29, 0.717) is 6.54 Å². The lowest BCUT2D eigenvalue weighted by Gasteiger charge is -2.28. The van der Waals surface area contributed by atoms with E-state index in [1.54, 1.807) is 5.01 Å². The van der Waals surface area contributed by atoms with Gasteiger partial charge in [0.25, 0.3) is 0 Å². The Morgan fingerprint density at radius 2 is 1.69 bits per heavy atom. The number of piperidine rings is 1. The molecule has 2 aromatic carbocycles. The molecule has 2 amide bonds. The Bertz CT molecular complexity index is 857. The van der Waals surface area contributed by atoms with Crippen molar-refractivity contribution in [1.82, 2.24) is 15.4 Å². The number of benzene rings is 2. The van der Waals surface area contributed by atoms with E-state index in [1.165, 1.54) is 12.0 Å². The number of hydrogen-bond acceptors (Lipinski definition) is 4. The van der Waals surface area contributed by atoms with Crippen LogP contribution in [0.5, 0.6) is 0 Å². The fraction of sp³-hybridized carbons (Fsp3) is 0.391. The number of rotatable bonds is 4. The van der Waals surface area contributed by atoms with Gasteiger partial charge in [0.05, 0.1) is 12.3 Å². The number of carbonyl (C=O) groups excluding carboxylic acids is 1. The summed E-state index contributed by atoms with van der Waals surface area (Å²) in [5.41, 5.74) is 7.35. The molecule has 2 aliphatic rings. The molecular formula is C23H29N5O. The molecule has 1 atom stereocenters. The van der Waals surface area contributed by atoms with E-state index in [9.17, 15) is 4.79 Å². The fourth-order valence-corrected chi connectivity index (χ4v) is 3.96. The summed E-state index contributed by atoms with van der Waals surface area (Å²) in [6, 6.07) is 18.5. The van der Waals surface area contributed by atoms with Crippen molar-refractivity contribution in [1.29, 1.82) is 0 Å². The average molecular weight is 392 g/mol. The molecule has 6 nitrogen and oxygen atoms in total. The maximum absolute atomic E-state index is 12.9. The van der Waals surface area contributed by atoms with Crippen LogP contribution in [-0.2, 0) is 0 Å². The first-order valence-electron chi connectivity index (χ1n) is 10.4. The summed E-state index contributed by atoms with van der Waals surface area (Å²) in [4.78, 5) is 14.9. The number of amides is 2. The molecule has 0 aliphatic carbocycles. The number of urea groups is 1. The average Bonchev–Trinajstić information content (AvgIpc) is 3.21. The van der Waals surface area contributed by atoms with Crippen LogP contribution in [0.15, 0.2) is 59.7 Å². The van der Waals surface area contributed by atoms with Crippen LogP contribution in [0.3, 0.4) is 0 Å². The smallest absolute Gasteiger partial charge is 0.352 e. The predicted octanol–water partition coefficient (Wildman–Crippen LogP) is 3.67. The van der Waals surface area contributed by atoms with Gasteiger partial charge in [-0.05, 0) is 36.1 Å². The second-order valence-electron chi connectivity index (χ2n) is 7.94. The Morgan fingerprint density at radius 1 is 1.00 bits per heavy atom. The monoisotopic (exact) mass is 391 g/mol. The summed E-state index contributed by atoms with van der Waals surface area (Å²) in [6.07, 6.45) is 3.48. The lowest BCUT2D eigenvalue weighted by Crippen LogP contribution is -2.49. The lowest BCUT2D eigenvalue weighted by atomic mass is 9.90. The maximum Gasteiger partial charge on any atom is 0.352 e. The molecule has 4 rings (SSSR count). The number of nitrogens with one attached hydrogen (secondary N) is 1. The van der Waals surface area contributed by atoms with E-state index >= 15 is 0 Å². The molecule has 2 aromatic rings. The second kappa shape index (κ2) is 8.66. The fourth-order valence-electron chi connectivity index (χ4n) is 3.96. The molecule has 1 N–H and O–H groups in total. The van der Waals surface area contributed by atoms with Gasteiger partial charge in [-0.25, -0.2) is 14.8 Å². The van der Waals surface area contributed by atoms with E-state index in [-0.39, 0.29) is 11.9 Å². The van der Waals surface area contributed by atoms with Crippen molar-refractivity contribution in [3.63, 3.8) is 0 Å². The van der Waals surface area contributed by atoms with Crippen molar-refractivity contribution in [2.75, 3.05) is 38.6 Å². The molecular weight excluding hydrogens is 362 g/mol. The normalized spacial score (nSPS) is 19.7. The zero-order valence-corrected chi connectivity index (χ0v) is 17.2. The second-order valence-corrected chi connectivity index (χ2v) is 7.94. The van der Waals surface area contributed by atoms with Crippen molar-refractivity contribution in [3.8, 4) is 0 Å². The highest BCUT2D eigenvalue weighted by Gasteiger charge is 2.33. The van der Waals surface area contributed by atoms with Gasteiger partial charge in [0.2, 0.25) is 0 Å². The Labute approximate surface area is 172 Å². The van der Waals surface area contributed by atoms with E-state index in [4.69, 9.17) is 5.10 Å². The number of anilines is 1. The highest BCUT2D eigenvalue weighted by atomic mass is 16.2. The Balaban J connectivity index is 1.58. The maximum atomic E-state index is 12.9. The zero-order chi connectivity index (χ0) is 20.2. The van der Waals surface area contributed by atoms with Gasteiger partial charge in [-0.3, -0.25) is 5.43 Å². The number of nitrogens with zero attached hydrogens (tertiary/aromatic N) is 4. The largest absolute Gasteiger partial charge is 0.378 e. The number of carbonyl (C=O) groups is 1. The van der Waals surface area contributed by atoms with Gasteiger partial charge in [-0.15, -0.1) is 0 Å². The van der Waals surface area contributed by atoms with Crippen LogP contribution >= 0.6 is 0 Å². The topological polar surface area (TPSA) is 51.2 Å². The molecule has 1 unspecified atom stereocenters. The number of hydrazone groups is 1. The summed E-state index contributed by atoms with van der Waals surface area (Å²) < 4.78 is 0. The molecule has 29 heavy (non-hydrogen) atoms. The summed E-state index contributed by atoms with van der Waals surface area (Å²) in [5, 5.41) is 8.36. The van der Waals surface area contributed by atoms with Crippen molar-refractivity contribution < 1.29 is 4.79 Å². The number of hydrogen-bond donors (Lipinski definition) is 1. The van der Waals surface area contributed by atoms with E-state index in [2.05, 4.69) is 46.7 Å². The first-order valence-corrected chi connectivity index (χ1v) is 10.4. The third kappa shape index (κ3) is 4.43. The van der Waals surface area contributed by atoms with Gasteiger partial charge >= 0.3 is 6.03 Å². The Morgan fingerprint density at radius 3 is 2.34 bits per heavy atom. The minimum atomic E-state index is -0.146. The molecule has 0 bridgehead atoms. The molecule has 2 heterocycles. The van der Waals surface area contributed by atoms with Gasteiger partial charge in [-0.2, -0.15) is 5.10 Å². The minimum absolute atomic E-state index is 0.0634. The first-order chi connectivity index (χ1) is 14.1. The van der Waals surface area contributed by atoms with Gasteiger partial charge in [0, 0.05) is 38.8 Å². The molecule has 152 valence electrons. The zero-order valence-electron chi connectivity index (χ0n) is 17.2. The molecule has 0 spiro atoms. The van der Waals surface area contributed by atoms with E-state index in [0.717, 1.165) is 42.9 Å². The van der Waals surface area contributed by atoms with Crippen LogP contribution in [-0.4, -0.2) is 55.5 Å². The quantitative estimate of drug-likeness (QED) is 0.865. The highest BCUT2D eigenvalue weighted by molar-refractivity contribution is 6.07. The van der Waals surface area contributed by atoms with Crippen LogP contribution in [0.2, 0.25) is 0 Å². The van der Waals surface area contributed by atoms with Crippen LogP contribution in [0.25, 0.3) is 0 Å². The molecule has 1 fully saturated rings. The van der Waals surface area contributed by atoms with Gasteiger partial charge in [0.1, 0.15) is 0 Å². The SMILES string of the molecule is CN(C)c1ccc(C2=NN(C(=O)NN3CCCCC3)CC2c2ccccc2)cc1. The van der Waals surface area contributed by atoms with Crippen LogP contribution < -0.4 is 10.3 Å². The molecule has 2 aliphatic heterocycles. The lowest BCUT2D eigenvalue weighted by molar-refractivity contribution is 0.133. The van der Waals surface area contributed by atoms with Gasteiger partial charge in [0.15, 0.2) is 0 Å². The van der Waals surface area contributed by atoms with Gasteiger partial charge < -0.3 is 4.90 Å². The van der Waals surface area contributed by atoms with Crippen molar-refractivity contribution in [2.24, 2.45) is 5.10 Å². The van der Waals surface area contributed by atoms with Crippen LogP contribution in [0.1, 0.15) is 36.3 Å². The summed E-state index contributed by atoms with van der Waals surface area (Å²) in [5.74, 6) is 0.0634.